The van der Waals surface area contributed by atoms with Crippen molar-refractivity contribution in [1.82, 2.24) is 29.9 Å². The van der Waals surface area contributed by atoms with Gasteiger partial charge in [-0.3, -0.25) is 0 Å². The van der Waals surface area contributed by atoms with Crippen molar-refractivity contribution in [3.63, 3.8) is 0 Å². The van der Waals surface area contributed by atoms with Crippen LogP contribution in [-0.2, 0) is 0 Å². The third-order valence-corrected chi connectivity index (χ3v) is 21.6. The maximum absolute atomic E-state index is 5.33. The van der Waals surface area contributed by atoms with Crippen molar-refractivity contribution >= 4 is 75.4 Å². The predicted octanol–water partition coefficient (Wildman–Crippen LogP) is 27.8. The summed E-state index contributed by atoms with van der Waals surface area (Å²) in [6.07, 6.45) is 0. The van der Waals surface area contributed by atoms with Crippen LogP contribution in [0.3, 0.4) is 0 Å². The summed E-state index contributed by atoms with van der Waals surface area (Å²) < 4.78 is 0. The third-order valence-electron chi connectivity index (χ3n) is 21.6. The molecular formula is C106H68N6. The molecule has 0 spiro atoms. The summed E-state index contributed by atoms with van der Waals surface area (Å²) in [5, 5.41) is 16.5. The fraction of sp³-hybridized carbons (Fsp3) is 0. The van der Waals surface area contributed by atoms with Crippen molar-refractivity contribution < 1.29 is 0 Å². The third kappa shape index (κ3) is 12.9. The van der Waals surface area contributed by atoms with E-state index in [-0.39, 0.29) is 0 Å². The molecule has 112 heavy (non-hydrogen) atoms. The minimum Gasteiger partial charge on any atom is -0.208 e. The largest absolute Gasteiger partial charge is 0.208 e. The van der Waals surface area contributed by atoms with Crippen LogP contribution < -0.4 is 0 Å². The molecule has 0 aliphatic carbocycles. The van der Waals surface area contributed by atoms with E-state index < -0.39 is 0 Å². The number of rotatable bonds is 12. The first-order chi connectivity index (χ1) is 55.5. The van der Waals surface area contributed by atoms with Crippen molar-refractivity contribution in [2.45, 2.75) is 0 Å². The Morgan fingerprint density at radius 1 is 0.107 bits per heavy atom. The molecule has 0 aliphatic heterocycles. The lowest BCUT2D eigenvalue weighted by Crippen LogP contribution is -2.02. The van der Waals surface area contributed by atoms with Crippen LogP contribution in [0.4, 0.5) is 0 Å². The number of hydrogen-bond donors (Lipinski definition) is 0. The normalized spacial score (nSPS) is 11.4. The zero-order valence-corrected chi connectivity index (χ0v) is 60.9. The second kappa shape index (κ2) is 29.0. The van der Waals surface area contributed by atoms with Gasteiger partial charge in [-0.2, -0.15) is 0 Å². The molecule has 0 bridgehead atoms. The SMILES string of the molecule is c1ccc(-c2ccc(-c3nc(-c4ccccc4-c4ccc5cc(-c6ccc7ccccc7c6)ccc5c4)nc(-c4cccc5ccccc45)n3)cc2)cc1.c1ccc(-c2cccc3c(-c4nc(-c5ccccc5-c5ccc6cc(-c7ccc8ccccc8c7)ccc6c5)nc(-c5cccc6ccccc56)n4)cccc23)cc1. The van der Waals surface area contributed by atoms with Gasteiger partial charge in [0.1, 0.15) is 0 Å². The van der Waals surface area contributed by atoms with E-state index in [0.717, 1.165) is 93.5 Å². The van der Waals surface area contributed by atoms with E-state index in [9.17, 15) is 0 Å². The fourth-order valence-electron chi connectivity index (χ4n) is 15.9. The van der Waals surface area contributed by atoms with Gasteiger partial charge in [-0.1, -0.05) is 376 Å². The van der Waals surface area contributed by atoms with Crippen LogP contribution in [0.1, 0.15) is 0 Å². The molecule has 0 atom stereocenters. The lowest BCUT2D eigenvalue weighted by atomic mass is 9.94. The van der Waals surface area contributed by atoms with Gasteiger partial charge in [0.2, 0.25) is 0 Å². The Labute approximate surface area is 648 Å². The van der Waals surface area contributed by atoms with E-state index in [1.54, 1.807) is 0 Å². The van der Waals surface area contributed by atoms with Gasteiger partial charge in [0.25, 0.3) is 0 Å². The monoisotopic (exact) mass is 1420 g/mol. The smallest absolute Gasteiger partial charge is 0.164 e. The zero-order valence-electron chi connectivity index (χ0n) is 60.9. The van der Waals surface area contributed by atoms with Crippen LogP contribution in [0, 0.1) is 0 Å². The molecule has 2 aromatic heterocycles. The minimum atomic E-state index is 0.631. The number of nitrogens with zero attached hydrogens (tertiary/aromatic N) is 6. The van der Waals surface area contributed by atoms with Crippen LogP contribution in [0.5, 0.6) is 0 Å². The summed E-state index contributed by atoms with van der Waals surface area (Å²) in [7, 11) is 0. The molecule has 0 aliphatic rings. The fourth-order valence-corrected chi connectivity index (χ4v) is 15.9. The Balaban J connectivity index is 0.000000146. The molecule has 21 aromatic rings. The highest BCUT2D eigenvalue weighted by Gasteiger charge is 2.22. The molecule has 0 saturated carbocycles. The summed E-state index contributed by atoms with van der Waals surface area (Å²) in [6.45, 7) is 0. The van der Waals surface area contributed by atoms with Crippen LogP contribution >= 0.6 is 0 Å². The molecule has 2 heterocycles. The van der Waals surface area contributed by atoms with Crippen molar-refractivity contribution in [2.75, 3.05) is 0 Å². The zero-order chi connectivity index (χ0) is 74.3. The number of hydrogen-bond acceptors (Lipinski definition) is 6. The molecule has 0 radical (unpaired) electrons. The molecular weight excluding hydrogens is 1360 g/mol. The van der Waals surface area contributed by atoms with Gasteiger partial charge in [0.05, 0.1) is 0 Å². The van der Waals surface area contributed by atoms with Crippen molar-refractivity contribution in [2.24, 2.45) is 0 Å². The van der Waals surface area contributed by atoms with E-state index in [0.29, 0.717) is 34.9 Å². The maximum Gasteiger partial charge on any atom is 0.164 e. The summed E-state index contributed by atoms with van der Waals surface area (Å²) >= 11 is 0. The molecule has 0 N–H and O–H groups in total. The van der Waals surface area contributed by atoms with Gasteiger partial charge in [0.15, 0.2) is 34.9 Å². The maximum atomic E-state index is 5.33. The molecule has 0 saturated heterocycles. The average Bonchev–Trinajstić information content (AvgIpc) is 0.789. The Morgan fingerprint density at radius 2 is 0.348 bits per heavy atom. The Hall–Kier alpha value is -15.0. The van der Waals surface area contributed by atoms with Crippen LogP contribution in [0.25, 0.3) is 210 Å². The highest BCUT2D eigenvalue weighted by atomic mass is 15.0. The molecule has 0 unspecified atom stereocenters. The molecule has 6 heteroatoms. The summed E-state index contributed by atoms with van der Waals surface area (Å²) in [5.74, 6) is 3.83. The molecule has 19 aromatic carbocycles. The number of fused-ring (bicyclic) bond motifs is 7. The lowest BCUT2D eigenvalue weighted by Gasteiger charge is -2.15. The van der Waals surface area contributed by atoms with Gasteiger partial charge in [-0.15, -0.1) is 0 Å². The molecule has 0 fully saturated rings. The van der Waals surface area contributed by atoms with Gasteiger partial charge in [-0.05, 0) is 179 Å². The highest BCUT2D eigenvalue weighted by molar-refractivity contribution is 6.05. The summed E-state index contributed by atoms with van der Waals surface area (Å²) in [6, 6.07) is 146. The number of benzene rings is 19. The summed E-state index contributed by atoms with van der Waals surface area (Å²) in [5.41, 5.74) is 19.6. The lowest BCUT2D eigenvalue weighted by molar-refractivity contribution is 1.08. The Morgan fingerprint density at radius 3 is 0.795 bits per heavy atom. The van der Waals surface area contributed by atoms with Gasteiger partial charge in [-0.25, -0.2) is 29.9 Å². The van der Waals surface area contributed by atoms with E-state index in [1.165, 1.54) is 82.0 Å². The second-order valence-electron chi connectivity index (χ2n) is 28.4. The van der Waals surface area contributed by atoms with Gasteiger partial charge < -0.3 is 0 Å². The number of aromatic nitrogens is 6. The van der Waals surface area contributed by atoms with E-state index in [2.05, 4.69) is 406 Å². The van der Waals surface area contributed by atoms with Gasteiger partial charge in [0, 0.05) is 33.4 Å². The topological polar surface area (TPSA) is 77.3 Å². The van der Waals surface area contributed by atoms with Crippen LogP contribution in [0.2, 0.25) is 0 Å². The first-order valence-electron chi connectivity index (χ1n) is 37.9. The van der Waals surface area contributed by atoms with Crippen molar-refractivity contribution in [3.8, 4) is 135 Å². The second-order valence-corrected chi connectivity index (χ2v) is 28.4. The predicted molar refractivity (Wildman–Crippen MR) is 467 cm³/mol. The average molecular weight is 1430 g/mol. The molecule has 0 amide bonds. The van der Waals surface area contributed by atoms with Crippen LogP contribution in [-0.4, -0.2) is 29.9 Å². The quantitative estimate of drug-likeness (QED) is 0.121. The van der Waals surface area contributed by atoms with Crippen molar-refractivity contribution in [1.29, 1.82) is 0 Å². The summed E-state index contributed by atoms with van der Waals surface area (Å²) in [4.78, 5) is 31.4. The molecule has 21 rings (SSSR count). The Bertz CT molecular complexity index is 7190. The Kier molecular flexibility index (Phi) is 17.2. The van der Waals surface area contributed by atoms with E-state index in [4.69, 9.17) is 29.9 Å². The van der Waals surface area contributed by atoms with Crippen molar-refractivity contribution in [3.05, 3.63) is 413 Å². The highest BCUT2D eigenvalue weighted by Crippen LogP contribution is 2.42. The van der Waals surface area contributed by atoms with Crippen LogP contribution in [0.15, 0.2) is 413 Å². The van der Waals surface area contributed by atoms with Gasteiger partial charge >= 0.3 is 0 Å². The first kappa shape index (κ1) is 66.5. The molecule has 6 nitrogen and oxygen atoms in total. The first-order valence-corrected chi connectivity index (χ1v) is 37.9. The standard InChI is InChI=1S/C55H35N3.C51H33N3/c1-2-14-37(15-3-1)45-22-11-24-49-48(45)23-12-26-52(49)55-57-53(56-54(58-55)51-25-10-18-38-16-6-7-19-46(38)51)50-21-9-8-20-47(50)44-32-31-42-34-41(29-30-43(42)35-44)40-28-27-36-13-4-5-17-39(36)33-40;1-2-11-34(12-3-1)36-21-24-38(25-22-36)49-52-50(54-51(53-49)48-20-10-16-37-14-6-7-17-45(37)48)47-19-9-8-18-46(47)44-30-29-42-32-41(27-28-43(42)33-44)40-26-23-35-13-4-5-15-39(35)31-40/h1-35H;1-33H. The van der Waals surface area contributed by atoms with E-state index in [1.807, 2.05) is 6.07 Å². The molecule has 522 valence electrons. The minimum absolute atomic E-state index is 0.631. The van der Waals surface area contributed by atoms with E-state index >= 15 is 0 Å².